The maximum Gasteiger partial charge on any atom is 0.320 e. The van der Waals surface area contributed by atoms with Crippen LogP contribution in [0, 0.1) is 0 Å². The van der Waals surface area contributed by atoms with Crippen LogP contribution < -0.4 is 16.4 Å². The molecule has 0 spiro atoms. The molecule has 14 heteroatoms. The van der Waals surface area contributed by atoms with Crippen LogP contribution in [0.25, 0.3) is 32.7 Å². The largest absolute Gasteiger partial charge is 0.480 e. The number of hydrogen-bond acceptors (Lipinski definition) is 12. The number of aromatic nitrogens is 3. The number of aliphatic carboxylic acids is 2. The molecule has 0 radical (unpaired) electrons. The second-order valence-corrected chi connectivity index (χ2v) is 13.0. The number of carboxylic acids is 2. The topological polar surface area (TPSA) is 221 Å². The summed E-state index contributed by atoms with van der Waals surface area (Å²) in [6, 6.07) is 26.9. The zero-order valence-electron chi connectivity index (χ0n) is 30.1. The molecular weight excluding hydrogens is 704 g/mol. The van der Waals surface area contributed by atoms with Gasteiger partial charge in [0.25, 0.3) is 0 Å². The van der Waals surface area contributed by atoms with Crippen LogP contribution in [0.5, 0.6) is 0 Å². The van der Waals surface area contributed by atoms with Gasteiger partial charge in [-0.1, -0.05) is 43.3 Å². The van der Waals surface area contributed by atoms with Crippen LogP contribution in [-0.4, -0.2) is 61.1 Å². The first-order valence-corrected chi connectivity index (χ1v) is 17.7. The molecule has 282 valence electrons. The zero-order chi connectivity index (χ0) is 39.1. The van der Waals surface area contributed by atoms with Gasteiger partial charge in [0.2, 0.25) is 0 Å². The van der Waals surface area contributed by atoms with Crippen molar-refractivity contribution in [3.05, 3.63) is 108 Å². The van der Waals surface area contributed by atoms with Crippen molar-refractivity contribution in [2.24, 2.45) is 11.5 Å². The number of benzene rings is 3. The maximum atomic E-state index is 12.3. The monoisotopic (exact) mass is 744 g/mol. The van der Waals surface area contributed by atoms with Crippen molar-refractivity contribution in [1.82, 2.24) is 15.0 Å². The lowest BCUT2D eigenvalue weighted by Crippen LogP contribution is -2.30. The molecule has 0 saturated heterocycles. The molecule has 3 aromatic heterocycles. The van der Waals surface area contributed by atoms with Gasteiger partial charge in [-0.3, -0.25) is 24.2 Å². The van der Waals surface area contributed by atoms with E-state index in [-0.39, 0.29) is 38.9 Å². The minimum Gasteiger partial charge on any atom is -0.480 e. The van der Waals surface area contributed by atoms with Crippen LogP contribution in [0.15, 0.2) is 91.0 Å². The number of nitrogens with two attached hydrogens (primary N) is 2. The summed E-state index contributed by atoms with van der Waals surface area (Å²) in [5.74, 6) is -3.50. The zero-order valence-corrected chi connectivity index (χ0v) is 30.1. The summed E-state index contributed by atoms with van der Waals surface area (Å²) < 4.78 is 10.7. The van der Waals surface area contributed by atoms with Crippen LogP contribution in [0.4, 0.5) is 17.1 Å². The Labute approximate surface area is 315 Å². The lowest BCUT2D eigenvalue weighted by molar-refractivity contribution is -0.147. The number of carboxylic acid groups (broad SMARTS) is 2. The molecule has 3 aromatic carbocycles. The SMILES string of the molecule is CCc1ccc2ccc(N(c3ccc4ccc(COC(=O)CCC(N)C(=O)O)nc4c3)c3ccc4ccc(COC(=O)CCC(N)C(=O)O)nc4c3)cc2n1. The molecule has 0 aliphatic rings. The van der Waals surface area contributed by atoms with Crippen LogP contribution in [0.2, 0.25) is 0 Å². The van der Waals surface area contributed by atoms with E-state index < -0.39 is 36.0 Å². The molecule has 2 unspecified atom stereocenters. The molecule has 0 saturated carbocycles. The number of ether oxygens (including phenoxy) is 2. The van der Waals surface area contributed by atoms with E-state index in [4.69, 9.17) is 46.1 Å². The average molecular weight is 745 g/mol. The number of nitrogens with zero attached hydrogens (tertiary/aromatic N) is 4. The van der Waals surface area contributed by atoms with Crippen LogP contribution in [0.3, 0.4) is 0 Å². The highest BCUT2D eigenvalue weighted by molar-refractivity contribution is 5.92. The number of carbonyl (C=O) groups is 4. The molecule has 0 aliphatic carbocycles. The van der Waals surface area contributed by atoms with Gasteiger partial charge in [0.1, 0.15) is 25.3 Å². The van der Waals surface area contributed by atoms with Gasteiger partial charge in [0.15, 0.2) is 0 Å². The smallest absolute Gasteiger partial charge is 0.320 e. The summed E-state index contributed by atoms with van der Waals surface area (Å²) in [5, 5.41) is 20.7. The van der Waals surface area contributed by atoms with Gasteiger partial charge in [-0.25, -0.2) is 9.97 Å². The third-order valence-electron chi connectivity index (χ3n) is 9.05. The van der Waals surface area contributed by atoms with Crippen molar-refractivity contribution in [2.75, 3.05) is 4.90 Å². The average Bonchev–Trinajstić information content (AvgIpc) is 3.19. The first-order valence-electron chi connectivity index (χ1n) is 17.7. The fraction of sp³-hybridized carbons (Fsp3) is 0.244. The molecule has 0 aliphatic heterocycles. The van der Waals surface area contributed by atoms with E-state index >= 15 is 0 Å². The number of carbonyl (C=O) groups excluding carboxylic acids is 2. The normalized spacial score (nSPS) is 12.3. The van der Waals surface area contributed by atoms with Crippen molar-refractivity contribution >= 4 is 73.6 Å². The highest BCUT2D eigenvalue weighted by Crippen LogP contribution is 2.38. The number of fused-ring (bicyclic) bond motifs is 3. The van der Waals surface area contributed by atoms with Gasteiger partial charge in [0, 0.05) is 51.8 Å². The Morgan fingerprint density at radius 1 is 0.582 bits per heavy atom. The second-order valence-electron chi connectivity index (χ2n) is 13.0. The van der Waals surface area contributed by atoms with Crippen molar-refractivity contribution in [3.63, 3.8) is 0 Å². The summed E-state index contributed by atoms with van der Waals surface area (Å²) in [6.45, 7) is 1.87. The van der Waals surface area contributed by atoms with E-state index in [1.807, 2.05) is 72.8 Å². The standard InChI is InChI=1S/C41H40N6O8/c1-2-27-9-3-24-6-12-30(19-35(24)44-27)47(31-13-7-25-4-10-28(45-36(25)20-31)22-54-38(48)17-15-33(42)40(50)51)32-14-8-26-5-11-29(46-37(26)21-32)23-55-39(49)18-16-34(43)41(52)53/h3-14,19-21,33-34H,2,15-18,22-23,42-43H2,1H3,(H,50,51)(H,52,53). The third-order valence-corrected chi connectivity index (χ3v) is 9.05. The molecule has 2 atom stereocenters. The molecule has 6 N–H and O–H groups in total. The lowest BCUT2D eigenvalue weighted by atomic mass is 10.1. The van der Waals surface area contributed by atoms with Gasteiger partial charge in [0.05, 0.1) is 27.9 Å². The molecule has 6 rings (SSSR count). The van der Waals surface area contributed by atoms with Crippen LogP contribution >= 0.6 is 0 Å². The van der Waals surface area contributed by atoms with Crippen LogP contribution in [-0.2, 0) is 48.3 Å². The number of pyridine rings is 3. The van der Waals surface area contributed by atoms with Gasteiger partial charge in [-0.05, 0) is 73.9 Å². The number of aryl methyl sites for hydroxylation is 1. The maximum absolute atomic E-state index is 12.3. The van der Waals surface area contributed by atoms with E-state index in [1.54, 1.807) is 12.1 Å². The number of hydrogen-bond donors (Lipinski definition) is 4. The molecular formula is C41H40N6O8. The second kappa shape index (κ2) is 17.1. The summed E-state index contributed by atoms with van der Waals surface area (Å²) in [5.41, 5.74) is 17.6. The summed E-state index contributed by atoms with van der Waals surface area (Å²) in [7, 11) is 0. The summed E-state index contributed by atoms with van der Waals surface area (Å²) >= 11 is 0. The first kappa shape index (κ1) is 38.2. The molecule has 0 fully saturated rings. The highest BCUT2D eigenvalue weighted by atomic mass is 16.5. The van der Waals surface area contributed by atoms with E-state index in [0.717, 1.165) is 50.9 Å². The fourth-order valence-electron chi connectivity index (χ4n) is 5.91. The van der Waals surface area contributed by atoms with Gasteiger partial charge < -0.3 is 36.1 Å². The van der Waals surface area contributed by atoms with Gasteiger partial charge >= 0.3 is 23.9 Å². The highest BCUT2D eigenvalue weighted by Gasteiger charge is 2.18. The Kier molecular flexibility index (Phi) is 11.9. The number of rotatable bonds is 16. The Hall–Kier alpha value is -6.51. The van der Waals surface area contributed by atoms with Gasteiger partial charge in [-0.2, -0.15) is 0 Å². The molecule has 0 bridgehead atoms. The Balaban J connectivity index is 1.32. The number of esters is 2. The van der Waals surface area contributed by atoms with Crippen molar-refractivity contribution < 1.29 is 38.9 Å². The summed E-state index contributed by atoms with van der Waals surface area (Å²) in [6.07, 6.45) is 0.466. The van der Waals surface area contributed by atoms with E-state index in [1.165, 1.54) is 0 Å². The number of anilines is 3. The Bertz CT molecular complexity index is 2280. The molecule has 55 heavy (non-hydrogen) atoms. The Morgan fingerprint density at radius 2 is 0.927 bits per heavy atom. The van der Waals surface area contributed by atoms with Crippen molar-refractivity contribution in [1.29, 1.82) is 0 Å². The van der Waals surface area contributed by atoms with Gasteiger partial charge in [-0.15, -0.1) is 0 Å². The molecule has 3 heterocycles. The van der Waals surface area contributed by atoms with Crippen molar-refractivity contribution in [3.8, 4) is 0 Å². The molecule has 14 nitrogen and oxygen atoms in total. The molecule has 0 amide bonds. The predicted octanol–water partition coefficient (Wildman–Crippen LogP) is 5.83. The lowest BCUT2D eigenvalue weighted by Gasteiger charge is -2.26. The minimum absolute atomic E-state index is 0.0343. The quantitative estimate of drug-likeness (QED) is 0.0856. The van der Waals surface area contributed by atoms with Crippen LogP contribution in [0.1, 0.15) is 49.7 Å². The van der Waals surface area contributed by atoms with E-state index in [0.29, 0.717) is 22.4 Å². The Morgan fingerprint density at radius 3 is 1.29 bits per heavy atom. The minimum atomic E-state index is -1.18. The third kappa shape index (κ3) is 9.54. The van der Waals surface area contributed by atoms with E-state index in [9.17, 15) is 19.2 Å². The predicted molar refractivity (Wildman–Crippen MR) is 206 cm³/mol. The summed E-state index contributed by atoms with van der Waals surface area (Å²) in [4.78, 5) is 63.1. The molecule has 6 aromatic rings. The first-order chi connectivity index (χ1) is 26.5. The fourth-order valence-corrected chi connectivity index (χ4v) is 5.91. The van der Waals surface area contributed by atoms with E-state index in [2.05, 4.69) is 17.9 Å². The van der Waals surface area contributed by atoms with Crippen molar-refractivity contribution in [2.45, 2.75) is 64.3 Å².